The minimum Gasteiger partial charge on any atom is -0.481 e. The van der Waals surface area contributed by atoms with E-state index in [1.165, 1.54) is 0 Å². The fourth-order valence-electron chi connectivity index (χ4n) is 1.63. The third-order valence-corrected chi connectivity index (χ3v) is 2.94. The largest absolute Gasteiger partial charge is 0.481 e. The van der Waals surface area contributed by atoms with Crippen molar-refractivity contribution in [1.82, 2.24) is 4.90 Å². The van der Waals surface area contributed by atoms with E-state index in [9.17, 15) is 4.79 Å². The molecule has 5 heteroatoms. The highest BCUT2D eigenvalue weighted by Crippen LogP contribution is 2.17. The molecule has 1 aromatic rings. The normalized spacial score (nSPS) is 12.0. The van der Waals surface area contributed by atoms with Crippen LogP contribution in [0.2, 0.25) is 5.02 Å². The van der Waals surface area contributed by atoms with Crippen molar-refractivity contribution < 1.29 is 14.3 Å². The third-order valence-electron chi connectivity index (χ3n) is 2.69. The summed E-state index contributed by atoms with van der Waals surface area (Å²) < 4.78 is 10.5. The van der Waals surface area contributed by atoms with Gasteiger partial charge in [0.15, 0.2) is 6.10 Å². The summed E-state index contributed by atoms with van der Waals surface area (Å²) in [4.78, 5) is 13.7. The van der Waals surface area contributed by atoms with Crippen molar-refractivity contribution in [3.05, 3.63) is 29.3 Å². The van der Waals surface area contributed by atoms with E-state index in [1.807, 2.05) is 0 Å². The first-order valence-corrected chi connectivity index (χ1v) is 6.58. The summed E-state index contributed by atoms with van der Waals surface area (Å²) in [6.45, 7) is 3.04. The SMILES string of the molecule is COCCCN(C)C(=O)C(C)Oc1ccc(Cl)cc1. The highest BCUT2D eigenvalue weighted by Gasteiger charge is 2.18. The molecule has 0 aliphatic rings. The molecular weight excluding hydrogens is 266 g/mol. The Labute approximate surface area is 119 Å². The summed E-state index contributed by atoms with van der Waals surface area (Å²) in [5.74, 6) is 0.585. The molecule has 0 radical (unpaired) electrons. The minimum atomic E-state index is -0.520. The molecular formula is C14H20ClNO3. The molecule has 4 nitrogen and oxygen atoms in total. The Kier molecular flexibility index (Phi) is 6.67. The molecule has 0 heterocycles. The molecule has 0 aromatic heterocycles. The Morgan fingerprint density at radius 3 is 2.58 bits per heavy atom. The number of rotatable bonds is 7. The first kappa shape index (κ1) is 15.8. The number of hydrogen-bond acceptors (Lipinski definition) is 3. The van der Waals surface area contributed by atoms with Gasteiger partial charge in [0.05, 0.1) is 0 Å². The van der Waals surface area contributed by atoms with E-state index in [4.69, 9.17) is 21.1 Å². The van der Waals surface area contributed by atoms with Crippen molar-refractivity contribution in [2.45, 2.75) is 19.4 Å². The molecule has 0 N–H and O–H groups in total. The van der Waals surface area contributed by atoms with E-state index >= 15 is 0 Å². The van der Waals surface area contributed by atoms with Crippen LogP contribution >= 0.6 is 11.6 Å². The number of carbonyl (C=O) groups excluding carboxylic acids is 1. The number of likely N-dealkylation sites (N-methyl/N-ethyl adjacent to an activating group) is 1. The number of carbonyl (C=O) groups is 1. The minimum absolute atomic E-state index is 0.0500. The van der Waals surface area contributed by atoms with E-state index in [-0.39, 0.29) is 5.91 Å². The highest BCUT2D eigenvalue weighted by atomic mass is 35.5. The molecule has 1 amide bonds. The zero-order valence-corrected chi connectivity index (χ0v) is 12.3. The summed E-state index contributed by atoms with van der Waals surface area (Å²) in [6.07, 6.45) is 0.292. The van der Waals surface area contributed by atoms with E-state index in [0.29, 0.717) is 23.9 Å². The number of nitrogens with zero attached hydrogens (tertiary/aromatic N) is 1. The number of methoxy groups -OCH3 is 1. The highest BCUT2D eigenvalue weighted by molar-refractivity contribution is 6.30. The number of halogens is 1. The summed E-state index contributed by atoms with van der Waals surface area (Å²) in [7, 11) is 3.41. The molecule has 1 rings (SSSR count). The van der Waals surface area contributed by atoms with Gasteiger partial charge in [0.1, 0.15) is 5.75 Å². The van der Waals surface area contributed by atoms with Crippen LogP contribution < -0.4 is 4.74 Å². The maximum Gasteiger partial charge on any atom is 0.263 e. The standard InChI is InChI=1S/C14H20ClNO3/c1-11(14(17)16(2)9-4-10-18-3)19-13-7-5-12(15)6-8-13/h5-8,11H,4,9-10H2,1-3H3. The van der Waals surface area contributed by atoms with Crippen molar-refractivity contribution in [2.24, 2.45) is 0 Å². The smallest absolute Gasteiger partial charge is 0.263 e. The van der Waals surface area contributed by atoms with Gasteiger partial charge >= 0.3 is 0 Å². The predicted octanol–water partition coefficient (Wildman–Crippen LogP) is 2.60. The van der Waals surface area contributed by atoms with Crippen LogP contribution in [0, 0.1) is 0 Å². The maximum atomic E-state index is 12.0. The fraction of sp³-hybridized carbons (Fsp3) is 0.500. The molecule has 0 aliphatic carbocycles. The molecule has 0 bridgehead atoms. The zero-order chi connectivity index (χ0) is 14.3. The second-order valence-electron chi connectivity index (χ2n) is 4.32. The van der Waals surface area contributed by atoms with Crippen LogP contribution in [0.4, 0.5) is 0 Å². The molecule has 0 spiro atoms. The molecule has 106 valence electrons. The molecule has 1 unspecified atom stereocenters. The lowest BCUT2D eigenvalue weighted by Crippen LogP contribution is -2.38. The van der Waals surface area contributed by atoms with E-state index < -0.39 is 6.10 Å². The Bertz CT molecular complexity index is 394. The molecule has 19 heavy (non-hydrogen) atoms. The van der Waals surface area contributed by atoms with Gasteiger partial charge in [-0.3, -0.25) is 4.79 Å². The quantitative estimate of drug-likeness (QED) is 0.723. The van der Waals surface area contributed by atoms with Crippen molar-refractivity contribution in [1.29, 1.82) is 0 Å². The third kappa shape index (κ3) is 5.49. The van der Waals surface area contributed by atoms with Gasteiger partial charge in [-0.2, -0.15) is 0 Å². The molecule has 1 atom stereocenters. The van der Waals surface area contributed by atoms with Gasteiger partial charge < -0.3 is 14.4 Å². The molecule has 1 aromatic carbocycles. The van der Waals surface area contributed by atoms with Gasteiger partial charge in [0.2, 0.25) is 0 Å². The summed E-state index contributed by atoms with van der Waals surface area (Å²) in [6, 6.07) is 6.96. The van der Waals surface area contributed by atoms with Crippen LogP contribution in [0.3, 0.4) is 0 Å². The Hall–Kier alpha value is -1.26. The van der Waals surface area contributed by atoms with Gasteiger partial charge in [-0.25, -0.2) is 0 Å². The van der Waals surface area contributed by atoms with Crippen LogP contribution in [0.1, 0.15) is 13.3 Å². The van der Waals surface area contributed by atoms with Crippen LogP contribution in [-0.2, 0) is 9.53 Å². The predicted molar refractivity (Wildman–Crippen MR) is 75.7 cm³/mol. The van der Waals surface area contributed by atoms with Crippen LogP contribution in [-0.4, -0.2) is 44.2 Å². The molecule has 0 aliphatic heterocycles. The van der Waals surface area contributed by atoms with Gasteiger partial charge in [0, 0.05) is 32.3 Å². The van der Waals surface area contributed by atoms with Crippen molar-refractivity contribution in [2.75, 3.05) is 27.3 Å². The van der Waals surface area contributed by atoms with Gasteiger partial charge in [-0.05, 0) is 37.6 Å². The first-order valence-electron chi connectivity index (χ1n) is 6.20. The number of ether oxygens (including phenoxy) is 2. The molecule has 0 fully saturated rings. The number of amides is 1. The monoisotopic (exact) mass is 285 g/mol. The average Bonchev–Trinajstić information content (AvgIpc) is 2.40. The average molecular weight is 286 g/mol. The second-order valence-corrected chi connectivity index (χ2v) is 4.76. The number of benzene rings is 1. The van der Waals surface area contributed by atoms with E-state index in [1.54, 1.807) is 50.2 Å². The number of hydrogen-bond donors (Lipinski definition) is 0. The first-order chi connectivity index (χ1) is 9.04. The maximum absolute atomic E-state index is 12.0. The molecule has 0 saturated heterocycles. The van der Waals surface area contributed by atoms with Crippen LogP contribution in [0.15, 0.2) is 24.3 Å². The Balaban J connectivity index is 2.45. The lowest BCUT2D eigenvalue weighted by atomic mass is 10.3. The summed E-state index contributed by atoms with van der Waals surface area (Å²) >= 11 is 5.79. The van der Waals surface area contributed by atoms with Gasteiger partial charge in [0.25, 0.3) is 5.91 Å². The lowest BCUT2D eigenvalue weighted by molar-refractivity contribution is -0.136. The van der Waals surface area contributed by atoms with E-state index in [0.717, 1.165) is 6.42 Å². The zero-order valence-electron chi connectivity index (χ0n) is 11.6. The fourth-order valence-corrected chi connectivity index (χ4v) is 1.76. The van der Waals surface area contributed by atoms with Gasteiger partial charge in [-0.15, -0.1) is 0 Å². The Morgan fingerprint density at radius 2 is 2.00 bits per heavy atom. The van der Waals surface area contributed by atoms with Crippen molar-refractivity contribution in [3.8, 4) is 5.75 Å². The summed E-state index contributed by atoms with van der Waals surface area (Å²) in [5, 5.41) is 0.642. The van der Waals surface area contributed by atoms with E-state index in [2.05, 4.69) is 0 Å². The van der Waals surface area contributed by atoms with Gasteiger partial charge in [-0.1, -0.05) is 11.6 Å². The van der Waals surface area contributed by atoms with Crippen molar-refractivity contribution >= 4 is 17.5 Å². The van der Waals surface area contributed by atoms with Crippen LogP contribution in [0.25, 0.3) is 0 Å². The second kappa shape index (κ2) is 8.02. The van der Waals surface area contributed by atoms with Crippen molar-refractivity contribution in [3.63, 3.8) is 0 Å². The lowest BCUT2D eigenvalue weighted by Gasteiger charge is -2.22. The summed E-state index contributed by atoms with van der Waals surface area (Å²) in [5.41, 5.74) is 0. The molecule has 0 saturated carbocycles. The van der Waals surface area contributed by atoms with Crippen LogP contribution in [0.5, 0.6) is 5.75 Å². The Morgan fingerprint density at radius 1 is 1.37 bits per heavy atom. The topological polar surface area (TPSA) is 38.8 Å².